The van der Waals surface area contributed by atoms with Crippen molar-refractivity contribution in [2.45, 2.75) is 52.4 Å². The highest BCUT2D eigenvalue weighted by Gasteiger charge is 2.19. The Morgan fingerprint density at radius 3 is 2.37 bits per heavy atom. The third kappa shape index (κ3) is 4.01. The van der Waals surface area contributed by atoms with Crippen LogP contribution in [0.1, 0.15) is 63.5 Å². The van der Waals surface area contributed by atoms with Gasteiger partial charge in [0.2, 0.25) is 0 Å². The quantitative estimate of drug-likeness (QED) is 0.587. The molecule has 0 fully saturated rings. The van der Waals surface area contributed by atoms with Crippen LogP contribution in [0.15, 0.2) is 24.3 Å². The Hall–Kier alpha value is -0.950. The topological polar surface area (TPSA) is 9.23 Å². The highest BCUT2D eigenvalue weighted by molar-refractivity contribution is 6.30. The number of allylic oxidation sites excluding steroid dienone is 2. The second-order valence-electron chi connectivity index (χ2n) is 5.18. The first-order chi connectivity index (χ1) is 9.04. The van der Waals surface area contributed by atoms with E-state index >= 15 is 0 Å². The SMILES string of the molecule is C/C=C\CC(CC)c1cc(Cl)cc(C(C)C)c1OC. The number of hydrogen-bond donors (Lipinski definition) is 0. The third-order valence-corrected chi connectivity index (χ3v) is 3.74. The Bertz CT molecular complexity index is 435. The molecule has 1 unspecified atom stereocenters. The van der Waals surface area contributed by atoms with E-state index in [0.717, 1.165) is 23.6 Å². The zero-order chi connectivity index (χ0) is 14.4. The molecular formula is C17H25ClO. The average Bonchev–Trinajstić information content (AvgIpc) is 2.38. The fourth-order valence-electron chi connectivity index (χ4n) is 2.42. The minimum atomic E-state index is 0.409. The minimum Gasteiger partial charge on any atom is -0.496 e. The fraction of sp³-hybridized carbons (Fsp3) is 0.529. The summed E-state index contributed by atoms with van der Waals surface area (Å²) < 4.78 is 5.67. The number of ether oxygens (including phenoxy) is 1. The molecule has 0 aliphatic carbocycles. The van der Waals surface area contributed by atoms with Crippen LogP contribution in [0, 0.1) is 0 Å². The van der Waals surface area contributed by atoms with Gasteiger partial charge in [0, 0.05) is 5.02 Å². The van der Waals surface area contributed by atoms with Crippen molar-refractivity contribution in [2.24, 2.45) is 0 Å². The van der Waals surface area contributed by atoms with Crippen LogP contribution in [0.5, 0.6) is 5.75 Å². The largest absolute Gasteiger partial charge is 0.496 e. The maximum Gasteiger partial charge on any atom is 0.125 e. The summed E-state index contributed by atoms with van der Waals surface area (Å²) in [5, 5.41) is 0.804. The van der Waals surface area contributed by atoms with E-state index in [1.54, 1.807) is 7.11 Å². The molecule has 1 atom stereocenters. The first kappa shape index (κ1) is 16.1. The molecule has 0 N–H and O–H groups in total. The molecule has 0 bridgehead atoms. The van der Waals surface area contributed by atoms with Crippen molar-refractivity contribution in [1.82, 2.24) is 0 Å². The van der Waals surface area contributed by atoms with Gasteiger partial charge < -0.3 is 4.74 Å². The zero-order valence-corrected chi connectivity index (χ0v) is 13.4. The molecule has 0 heterocycles. The average molecular weight is 281 g/mol. The summed E-state index contributed by atoms with van der Waals surface area (Å²) in [4.78, 5) is 0. The molecule has 0 saturated heterocycles. The lowest BCUT2D eigenvalue weighted by molar-refractivity contribution is 0.397. The van der Waals surface area contributed by atoms with Crippen LogP contribution in [0.4, 0.5) is 0 Å². The Morgan fingerprint density at radius 1 is 1.26 bits per heavy atom. The van der Waals surface area contributed by atoms with Crippen LogP contribution < -0.4 is 4.74 Å². The van der Waals surface area contributed by atoms with Gasteiger partial charge in [-0.1, -0.05) is 44.5 Å². The van der Waals surface area contributed by atoms with E-state index in [1.807, 2.05) is 6.07 Å². The number of methoxy groups -OCH3 is 1. The van der Waals surface area contributed by atoms with Crippen LogP contribution >= 0.6 is 11.6 Å². The molecule has 19 heavy (non-hydrogen) atoms. The highest BCUT2D eigenvalue weighted by Crippen LogP contribution is 2.39. The molecule has 1 aromatic carbocycles. The van der Waals surface area contributed by atoms with Gasteiger partial charge in [0.15, 0.2) is 0 Å². The van der Waals surface area contributed by atoms with Gasteiger partial charge in [0.1, 0.15) is 5.75 Å². The van der Waals surface area contributed by atoms with Gasteiger partial charge in [-0.3, -0.25) is 0 Å². The van der Waals surface area contributed by atoms with Gasteiger partial charge in [-0.15, -0.1) is 0 Å². The third-order valence-electron chi connectivity index (χ3n) is 3.53. The van der Waals surface area contributed by atoms with E-state index in [0.29, 0.717) is 11.8 Å². The molecule has 0 aromatic heterocycles. The highest BCUT2D eigenvalue weighted by atomic mass is 35.5. The van der Waals surface area contributed by atoms with Crippen molar-refractivity contribution in [3.8, 4) is 5.75 Å². The molecule has 0 aliphatic heterocycles. The number of benzene rings is 1. The van der Waals surface area contributed by atoms with Crippen molar-refractivity contribution >= 4 is 11.6 Å². The second-order valence-corrected chi connectivity index (χ2v) is 5.62. The van der Waals surface area contributed by atoms with Gasteiger partial charge in [-0.05, 0) is 54.9 Å². The van der Waals surface area contributed by atoms with Crippen LogP contribution in [0.2, 0.25) is 5.02 Å². The van der Waals surface area contributed by atoms with Gasteiger partial charge in [0.05, 0.1) is 7.11 Å². The predicted molar refractivity (Wildman–Crippen MR) is 84.6 cm³/mol. The molecule has 1 aromatic rings. The monoisotopic (exact) mass is 280 g/mol. The van der Waals surface area contributed by atoms with Crippen molar-refractivity contribution in [3.05, 3.63) is 40.4 Å². The summed E-state index contributed by atoms with van der Waals surface area (Å²) in [7, 11) is 1.75. The Balaban J connectivity index is 3.30. The molecule has 0 aliphatic rings. The van der Waals surface area contributed by atoms with Gasteiger partial charge in [-0.2, -0.15) is 0 Å². The lowest BCUT2D eigenvalue weighted by Gasteiger charge is -2.22. The standard InChI is InChI=1S/C17H25ClO/c1-6-8-9-13(7-2)16-11-14(18)10-15(12(3)4)17(16)19-5/h6,8,10-13H,7,9H2,1-5H3/b8-6-. The molecule has 1 nitrogen and oxygen atoms in total. The lowest BCUT2D eigenvalue weighted by Crippen LogP contribution is -2.04. The van der Waals surface area contributed by atoms with E-state index in [1.165, 1.54) is 11.1 Å². The Kier molecular flexibility index (Phi) is 6.44. The maximum absolute atomic E-state index is 6.28. The van der Waals surface area contributed by atoms with E-state index in [2.05, 4.69) is 45.9 Å². The molecule has 0 saturated carbocycles. The van der Waals surface area contributed by atoms with Gasteiger partial charge in [0.25, 0.3) is 0 Å². The van der Waals surface area contributed by atoms with Gasteiger partial charge >= 0.3 is 0 Å². The summed E-state index contributed by atoms with van der Waals surface area (Å²) >= 11 is 6.28. The van der Waals surface area contributed by atoms with Gasteiger partial charge in [-0.25, -0.2) is 0 Å². The molecule has 106 valence electrons. The Morgan fingerprint density at radius 2 is 1.89 bits per heavy atom. The maximum atomic E-state index is 6.28. The predicted octanol–water partition coefficient (Wildman–Crippen LogP) is 5.93. The summed E-state index contributed by atoms with van der Waals surface area (Å²) in [6.45, 7) is 8.61. The fourth-order valence-corrected chi connectivity index (χ4v) is 2.65. The van der Waals surface area contributed by atoms with Crippen LogP contribution in [-0.2, 0) is 0 Å². The first-order valence-electron chi connectivity index (χ1n) is 7.03. The number of rotatable bonds is 6. The van der Waals surface area contributed by atoms with E-state index in [4.69, 9.17) is 16.3 Å². The molecular weight excluding hydrogens is 256 g/mol. The molecule has 0 radical (unpaired) electrons. The van der Waals surface area contributed by atoms with Crippen molar-refractivity contribution in [1.29, 1.82) is 0 Å². The second kappa shape index (κ2) is 7.59. The van der Waals surface area contributed by atoms with Crippen LogP contribution in [-0.4, -0.2) is 7.11 Å². The molecule has 0 amide bonds. The normalized spacial score (nSPS) is 13.2. The van der Waals surface area contributed by atoms with Crippen molar-refractivity contribution < 1.29 is 4.74 Å². The summed E-state index contributed by atoms with van der Waals surface area (Å²) in [5.74, 6) is 1.88. The lowest BCUT2D eigenvalue weighted by atomic mass is 9.88. The molecule has 1 rings (SSSR count). The summed E-state index contributed by atoms with van der Waals surface area (Å²) in [6.07, 6.45) is 6.42. The summed E-state index contributed by atoms with van der Waals surface area (Å²) in [5.41, 5.74) is 2.43. The van der Waals surface area contributed by atoms with Crippen LogP contribution in [0.25, 0.3) is 0 Å². The molecule has 0 spiro atoms. The first-order valence-corrected chi connectivity index (χ1v) is 7.41. The smallest absolute Gasteiger partial charge is 0.125 e. The van der Waals surface area contributed by atoms with E-state index in [-0.39, 0.29) is 0 Å². The molecule has 2 heteroatoms. The van der Waals surface area contributed by atoms with Crippen LogP contribution in [0.3, 0.4) is 0 Å². The summed E-state index contributed by atoms with van der Waals surface area (Å²) in [6, 6.07) is 4.08. The van der Waals surface area contributed by atoms with Crippen molar-refractivity contribution in [3.63, 3.8) is 0 Å². The van der Waals surface area contributed by atoms with E-state index in [9.17, 15) is 0 Å². The zero-order valence-electron chi connectivity index (χ0n) is 12.7. The Labute approximate surface area is 122 Å². The van der Waals surface area contributed by atoms with Crippen molar-refractivity contribution in [2.75, 3.05) is 7.11 Å². The minimum absolute atomic E-state index is 0.409. The number of halogens is 1. The van der Waals surface area contributed by atoms with E-state index < -0.39 is 0 Å². The number of hydrogen-bond acceptors (Lipinski definition) is 1.